The summed E-state index contributed by atoms with van der Waals surface area (Å²) in [5.41, 5.74) is 2.02. The molecule has 0 spiro atoms. The highest BCUT2D eigenvalue weighted by Gasteiger charge is 2.12. The summed E-state index contributed by atoms with van der Waals surface area (Å²) in [6.45, 7) is 1.55. The quantitative estimate of drug-likeness (QED) is 0.313. The summed E-state index contributed by atoms with van der Waals surface area (Å²) in [6.07, 6.45) is 0. The van der Waals surface area contributed by atoms with Crippen LogP contribution in [0.2, 0.25) is 0 Å². The van der Waals surface area contributed by atoms with E-state index >= 15 is 0 Å². The van der Waals surface area contributed by atoms with E-state index in [1.807, 2.05) is 60.7 Å². The van der Waals surface area contributed by atoms with Crippen LogP contribution in [-0.2, 0) is 13.2 Å². The first-order valence-electron chi connectivity index (χ1n) is 10.6. The van der Waals surface area contributed by atoms with Crippen LogP contribution < -0.4 is 14.2 Å². The molecule has 5 heteroatoms. The van der Waals surface area contributed by atoms with Gasteiger partial charge in [-0.3, -0.25) is 0 Å². The Morgan fingerprint density at radius 2 is 1.50 bits per heavy atom. The van der Waals surface area contributed by atoms with Gasteiger partial charge >= 0.3 is 0 Å². The first kappa shape index (κ1) is 19.9. The zero-order chi connectivity index (χ0) is 21.8. The molecule has 4 aromatic carbocycles. The molecule has 0 aliphatic heterocycles. The first-order valence-corrected chi connectivity index (χ1v) is 10.6. The fourth-order valence-electron chi connectivity index (χ4n) is 3.84. The van der Waals surface area contributed by atoms with Crippen molar-refractivity contribution in [2.24, 2.45) is 0 Å². The Hall–Kier alpha value is -3.99. The van der Waals surface area contributed by atoms with Crippen LogP contribution in [0.25, 0.3) is 21.8 Å². The van der Waals surface area contributed by atoms with Crippen molar-refractivity contribution in [1.82, 2.24) is 9.55 Å². The van der Waals surface area contributed by atoms with Gasteiger partial charge in [0.2, 0.25) is 0 Å². The molecule has 0 saturated carbocycles. The highest BCUT2D eigenvalue weighted by atomic mass is 16.5. The Bertz CT molecular complexity index is 1360. The number of aromatic nitrogens is 2. The second-order valence-electron chi connectivity index (χ2n) is 7.49. The van der Waals surface area contributed by atoms with E-state index in [2.05, 4.69) is 34.9 Å². The number of hydrogen-bond acceptors (Lipinski definition) is 4. The fourth-order valence-corrected chi connectivity index (χ4v) is 3.84. The summed E-state index contributed by atoms with van der Waals surface area (Å²) in [4.78, 5) is 4.81. The molecule has 0 atom stereocenters. The van der Waals surface area contributed by atoms with E-state index in [1.54, 1.807) is 7.11 Å². The van der Waals surface area contributed by atoms with Gasteiger partial charge in [0, 0.05) is 6.07 Å². The molecule has 0 amide bonds. The number of ether oxygens (including phenoxy) is 3. The normalized spacial score (nSPS) is 11.0. The van der Waals surface area contributed by atoms with E-state index in [-0.39, 0.29) is 0 Å². The van der Waals surface area contributed by atoms with Crippen LogP contribution in [0.15, 0.2) is 91.0 Å². The third-order valence-electron chi connectivity index (χ3n) is 5.45. The summed E-state index contributed by atoms with van der Waals surface area (Å²) < 4.78 is 19.5. The van der Waals surface area contributed by atoms with Gasteiger partial charge in [0.15, 0.2) is 0 Å². The number of rotatable bonds is 8. The average molecular weight is 425 g/mol. The third kappa shape index (κ3) is 4.23. The Kier molecular flexibility index (Phi) is 5.62. The van der Waals surface area contributed by atoms with Crippen LogP contribution in [-0.4, -0.2) is 23.3 Å². The summed E-state index contributed by atoms with van der Waals surface area (Å²) in [6, 6.07) is 30.2. The molecule has 1 aromatic heterocycles. The molecule has 0 bridgehead atoms. The van der Waals surface area contributed by atoms with Gasteiger partial charge in [0.1, 0.15) is 36.3 Å². The van der Waals surface area contributed by atoms with Crippen molar-refractivity contribution < 1.29 is 14.2 Å². The fraction of sp³-hybridized carbons (Fsp3) is 0.148. The zero-order valence-corrected chi connectivity index (χ0v) is 17.9. The largest absolute Gasteiger partial charge is 0.497 e. The number of fused-ring (bicyclic) bond motifs is 2. The zero-order valence-electron chi connectivity index (χ0n) is 17.9. The molecule has 0 saturated heterocycles. The minimum atomic E-state index is 0.381. The monoisotopic (exact) mass is 424 g/mol. The molecule has 0 N–H and O–H groups in total. The maximum atomic E-state index is 6.12. The molecule has 5 aromatic rings. The lowest BCUT2D eigenvalue weighted by Crippen LogP contribution is -2.13. The number of hydrogen-bond donors (Lipinski definition) is 0. The third-order valence-corrected chi connectivity index (χ3v) is 5.45. The molecule has 0 aliphatic rings. The Balaban J connectivity index is 1.33. The highest BCUT2D eigenvalue weighted by Crippen LogP contribution is 2.23. The molecule has 0 aliphatic carbocycles. The minimum Gasteiger partial charge on any atom is -0.497 e. The van der Waals surface area contributed by atoms with Gasteiger partial charge in [0.05, 0.1) is 24.7 Å². The molecule has 0 unspecified atom stereocenters. The minimum absolute atomic E-state index is 0.381. The van der Waals surface area contributed by atoms with Crippen LogP contribution in [0.5, 0.6) is 17.2 Å². The van der Waals surface area contributed by atoms with Gasteiger partial charge in [0.25, 0.3) is 0 Å². The van der Waals surface area contributed by atoms with Crippen molar-refractivity contribution in [2.45, 2.75) is 13.2 Å². The van der Waals surface area contributed by atoms with E-state index in [0.29, 0.717) is 19.8 Å². The van der Waals surface area contributed by atoms with Crippen molar-refractivity contribution in [3.05, 3.63) is 96.8 Å². The van der Waals surface area contributed by atoms with Crippen molar-refractivity contribution >= 4 is 21.8 Å². The van der Waals surface area contributed by atoms with E-state index in [0.717, 1.165) is 39.5 Å². The molecule has 5 rings (SSSR count). The van der Waals surface area contributed by atoms with Gasteiger partial charge < -0.3 is 18.8 Å². The SMILES string of the molecule is COc1cccc(OCCn2c(COc3ccc4ccccc4c3)nc3ccccc32)c1. The van der Waals surface area contributed by atoms with E-state index in [4.69, 9.17) is 19.2 Å². The molecule has 0 radical (unpaired) electrons. The summed E-state index contributed by atoms with van der Waals surface area (Å²) in [5.74, 6) is 3.26. The number of nitrogens with zero attached hydrogens (tertiary/aromatic N) is 2. The topological polar surface area (TPSA) is 45.5 Å². The maximum absolute atomic E-state index is 6.12. The molecule has 1 heterocycles. The lowest BCUT2D eigenvalue weighted by Gasteiger charge is -2.12. The first-order chi connectivity index (χ1) is 15.8. The smallest absolute Gasteiger partial charge is 0.148 e. The van der Waals surface area contributed by atoms with E-state index < -0.39 is 0 Å². The summed E-state index contributed by atoms with van der Waals surface area (Å²) in [5, 5.41) is 2.35. The van der Waals surface area contributed by atoms with Crippen LogP contribution in [0.4, 0.5) is 0 Å². The standard InChI is InChI=1S/C27H24N2O3/c1-30-22-9-6-10-23(18-22)31-16-15-29-26-12-5-4-11-25(26)28-27(29)19-32-24-14-13-20-7-2-3-8-21(20)17-24/h2-14,17-18H,15-16,19H2,1H3. The number of para-hydroxylation sites is 2. The Morgan fingerprint density at radius 3 is 2.41 bits per heavy atom. The molecule has 0 fully saturated rings. The number of benzene rings is 4. The van der Waals surface area contributed by atoms with Crippen LogP contribution >= 0.6 is 0 Å². The maximum Gasteiger partial charge on any atom is 0.148 e. The summed E-state index contributed by atoms with van der Waals surface area (Å²) in [7, 11) is 1.65. The predicted octanol–water partition coefficient (Wildman–Crippen LogP) is 5.86. The lowest BCUT2D eigenvalue weighted by molar-refractivity contribution is 0.272. The van der Waals surface area contributed by atoms with E-state index in [9.17, 15) is 0 Å². The second-order valence-corrected chi connectivity index (χ2v) is 7.49. The number of methoxy groups -OCH3 is 1. The number of imidazole rings is 1. The van der Waals surface area contributed by atoms with E-state index in [1.165, 1.54) is 5.39 Å². The molecular formula is C27H24N2O3. The van der Waals surface area contributed by atoms with Crippen molar-refractivity contribution in [3.63, 3.8) is 0 Å². The molecule has 32 heavy (non-hydrogen) atoms. The molecule has 160 valence electrons. The van der Waals surface area contributed by atoms with Crippen LogP contribution in [0, 0.1) is 0 Å². The summed E-state index contributed by atoms with van der Waals surface area (Å²) >= 11 is 0. The Morgan fingerprint density at radius 1 is 0.719 bits per heavy atom. The van der Waals surface area contributed by atoms with Gasteiger partial charge in [-0.1, -0.05) is 48.5 Å². The lowest BCUT2D eigenvalue weighted by atomic mass is 10.1. The average Bonchev–Trinajstić information content (AvgIpc) is 3.20. The van der Waals surface area contributed by atoms with Crippen molar-refractivity contribution in [1.29, 1.82) is 0 Å². The van der Waals surface area contributed by atoms with Crippen LogP contribution in [0.3, 0.4) is 0 Å². The van der Waals surface area contributed by atoms with Crippen molar-refractivity contribution in [3.8, 4) is 17.2 Å². The second kappa shape index (κ2) is 9.02. The predicted molar refractivity (Wildman–Crippen MR) is 127 cm³/mol. The van der Waals surface area contributed by atoms with Gasteiger partial charge in [-0.05, 0) is 47.2 Å². The van der Waals surface area contributed by atoms with Crippen LogP contribution in [0.1, 0.15) is 5.82 Å². The molecule has 5 nitrogen and oxygen atoms in total. The van der Waals surface area contributed by atoms with Crippen molar-refractivity contribution in [2.75, 3.05) is 13.7 Å². The van der Waals surface area contributed by atoms with Gasteiger partial charge in [-0.25, -0.2) is 4.98 Å². The van der Waals surface area contributed by atoms with Gasteiger partial charge in [-0.2, -0.15) is 0 Å². The molecular weight excluding hydrogens is 400 g/mol. The van der Waals surface area contributed by atoms with Gasteiger partial charge in [-0.15, -0.1) is 0 Å². The Labute approximate surface area is 186 Å². The highest BCUT2D eigenvalue weighted by molar-refractivity contribution is 5.83.